The van der Waals surface area contributed by atoms with Crippen LogP contribution in [0.5, 0.6) is 5.75 Å². The zero-order valence-electron chi connectivity index (χ0n) is 14.1. The summed E-state index contributed by atoms with van der Waals surface area (Å²) in [6.07, 6.45) is 1.15. The summed E-state index contributed by atoms with van der Waals surface area (Å²) in [4.78, 5) is 12.9. The van der Waals surface area contributed by atoms with E-state index in [1.807, 2.05) is 12.1 Å². The minimum atomic E-state index is 0.246. The first kappa shape index (κ1) is 17.5. The number of ether oxygens (including phenoxy) is 1. The average Bonchev–Trinajstić information content (AvgIpc) is 2.56. The highest BCUT2D eigenvalue weighted by atomic mass is 16.5. The van der Waals surface area contributed by atoms with Crippen LogP contribution in [0.3, 0.4) is 0 Å². The molecular weight excluding hydrogens is 290 g/mol. The third kappa shape index (κ3) is 4.31. The maximum Gasteiger partial charge on any atom is 0.137 e. The average molecular weight is 315 g/mol. The molecule has 5 heteroatoms. The van der Waals surface area contributed by atoms with E-state index in [0.29, 0.717) is 36.4 Å². The fraction of sp³-hybridized carbons (Fsp3) is 0.556. The molecule has 23 heavy (non-hydrogen) atoms. The number of nitrogens with one attached hydrogen (secondary N) is 1. The van der Waals surface area contributed by atoms with Crippen molar-refractivity contribution in [1.82, 2.24) is 10.2 Å². The Morgan fingerprint density at radius 1 is 1.52 bits per heavy atom. The van der Waals surface area contributed by atoms with Crippen LogP contribution in [0.15, 0.2) is 18.2 Å². The Balaban J connectivity index is 2.19. The summed E-state index contributed by atoms with van der Waals surface area (Å²) in [5, 5.41) is 12.7. The monoisotopic (exact) mass is 315 g/mol. The largest absolute Gasteiger partial charge is 0.492 e. The number of hydrogen-bond donors (Lipinski definition) is 1. The zero-order valence-corrected chi connectivity index (χ0v) is 14.1. The Labute approximate surface area is 138 Å². The number of carbonyl (C=O) groups is 1. The van der Waals surface area contributed by atoms with Crippen molar-refractivity contribution in [3.05, 3.63) is 29.3 Å². The molecule has 1 aromatic rings. The molecule has 3 atom stereocenters. The van der Waals surface area contributed by atoms with Gasteiger partial charge in [-0.1, -0.05) is 6.07 Å². The van der Waals surface area contributed by atoms with Crippen molar-refractivity contribution in [3.8, 4) is 11.8 Å². The van der Waals surface area contributed by atoms with Gasteiger partial charge in [0.15, 0.2) is 0 Å². The fourth-order valence-corrected chi connectivity index (χ4v) is 3.01. The van der Waals surface area contributed by atoms with Crippen molar-refractivity contribution in [3.63, 3.8) is 0 Å². The lowest BCUT2D eigenvalue weighted by Gasteiger charge is -2.41. The van der Waals surface area contributed by atoms with Crippen LogP contribution in [-0.2, 0) is 4.79 Å². The molecule has 1 heterocycles. The molecule has 1 saturated heterocycles. The molecular formula is C18H25N3O2. The van der Waals surface area contributed by atoms with E-state index in [-0.39, 0.29) is 6.04 Å². The van der Waals surface area contributed by atoms with E-state index >= 15 is 0 Å². The summed E-state index contributed by atoms with van der Waals surface area (Å²) < 4.78 is 5.61. The normalized spacial score (nSPS) is 23.0. The van der Waals surface area contributed by atoms with Crippen LogP contribution in [0.2, 0.25) is 0 Å². The summed E-state index contributed by atoms with van der Waals surface area (Å²) in [5.41, 5.74) is 1.64. The van der Waals surface area contributed by atoms with Crippen LogP contribution >= 0.6 is 0 Å². The van der Waals surface area contributed by atoms with Gasteiger partial charge in [0.25, 0.3) is 0 Å². The molecule has 0 amide bonds. The lowest BCUT2D eigenvalue weighted by atomic mass is 10.0. The van der Waals surface area contributed by atoms with E-state index in [1.54, 1.807) is 6.07 Å². The van der Waals surface area contributed by atoms with Crippen molar-refractivity contribution in [2.24, 2.45) is 0 Å². The Morgan fingerprint density at radius 2 is 2.30 bits per heavy atom. The maximum absolute atomic E-state index is 10.4. The van der Waals surface area contributed by atoms with Crippen LogP contribution in [0.4, 0.5) is 0 Å². The molecule has 1 aliphatic heterocycles. The fourth-order valence-electron chi connectivity index (χ4n) is 3.01. The smallest absolute Gasteiger partial charge is 0.137 e. The molecule has 0 radical (unpaired) electrons. The Hall–Kier alpha value is -1.90. The molecule has 0 bridgehead atoms. The second kappa shape index (κ2) is 8.09. The lowest BCUT2D eigenvalue weighted by molar-refractivity contribution is -0.108. The molecule has 0 aliphatic carbocycles. The highest BCUT2D eigenvalue weighted by Crippen LogP contribution is 2.29. The van der Waals surface area contributed by atoms with Gasteiger partial charge in [-0.3, -0.25) is 4.90 Å². The number of benzene rings is 1. The third-order valence-electron chi connectivity index (χ3n) is 4.41. The lowest BCUT2D eigenvalue weighted by Crippen LogP contribution is -2.54. The summed E-state index contributed by atoms with van der Waals surface area (Å²) >= 11 is 0. The number of rotatable bonds is 6. The molecule has 1 aromatic carbocycles. The zero-order chi connectivity index (χ0) is 16.8. The second-order valence-corrected chi connectivity index (χ2v) is 6.20. The highest BCUT2D eigenvalue weighted by molar-refractivity contribution is 5.50. The molecule has 0 saturated carbocycles. The Kier molecular flexibility index (Phi) is 6.14. The molecule has 5 nitrogen and oxygen atoms in total. The number of aldehydes is 1. The standard InChI is InChI=1S/C18H25N3O2/c1-13-12-21(14(2)11-20-13)15(3)16-5-6-17(10-19)18(9-16)23-8-4-7-22/h5-7,9,13-15,20H,4,8,11-12H2,1-3H3/t13-,14+,15?/m0/s1. The van der Waals surface area contributed by atoms with Crippen LogP contribution in [0, 0.1) is 11.3 Å². The van der Waals surface area contributed by atoms with Gasteiger partial charge >= 0.3 is 0 Å². The molecule has 1 aliphatic rings. The summed E-state index contributed by atoms with van der Waals surface area (Å²) in [6, 6.07) is 9.05. The van der Waals surface area contributed by atoms with Gasteiger partial charge in [-0.25, -0.2) is 0 Å². The first-order valence-corrected chi connectivity index (χ1v) is 8.16. The third-order valence-corrected chi connectivity index (χ3v) is 4.41. The van der Waals surface area contributed by atoms with Crippen molar-refractivity contribution >= 4 is 6.29 Å². The predicted molar refractivity (Wildman–Crippen MR) is 89.4 cm³/mol. The number of piperazine rings is 1. The summed E-state index contributed by atoms with van der Waals surface area (Å²) in [6.45, 7) is 8.87. The predicted octanol–water partition coefficient (Wildman–Crippen LogP) is 2.27. The molecule has 1 N–H and O–H groups in total. The van der Waals surface area contributed by atoms with Crippen molar-refractivity contribution in [2.75, 3.05) is 19.7 Å². The minimum absolute atomic E-state index is 0.246. The van der Waals surface area contributed by atoms with E-state index in [2.05, 4.69) is 37.1 Å². The van der Waals surface area contributed by atoms with Gasteiger partial charge in [0, 0.05) is 37.6 Å². The maximum atomic E-state index is 10.4. The van der Waals surface area contributed by atoms with Gasteiger partial charge in [-0.2, -0.15) is 5.26 Å². The molecule has 0 spiro atoms. The Bertz CT molecular complexity index is 582. The molecule has 1 fully saturated rings. The highest BCUT2D eigenvalue weighted by Gasteiger charge is 2.27. The van der Waals surface area contributed by atoms with Gasteiger partial charge in [0.1, 0.15) is 18.1 Å². The topological polar surface area (TPSA) is 65.4 Å². The van der Waals surface area contributed by atoms with E-state index in [1.165, 1.54) is 0 Å². The molecule has 124 valence electrons. The summed E-state index contributed by atoms with van der Waals surface area (Å²) in [7, 11) is 0. The van der Waals surface area contributed by atoms with Crippen molar-refractivity contribution < 1.29 is 9.53 Å². The molecule has 0 aromatic heterocycles. The SMILES string of the molecule is CC(c1ccc(C#N)c(OCCC=O)c1)N1C[C@H](C)NC[C@H]1C. The van der Waals surface area contributed by atoms with Crippen LogP contribution in [-0.4, -0.2) is 43.0 Å². The van der Waals surface area contributed by atoms with Gasteiger partial charge in [-0.05, 0) is 38.5 Å². The van der Waals surface area contributed by atoms with Gasteiger partial charge in [0.2, 0.25) is 0 Å². The quantitative estimate of drug-likeness (QED) is 0.644. The van der Waals surface area contributed by atoms with Gasteiger partial charge in [0.05, 0.1) is 12.2 Å². The molecule has 1 unspecified atom stereocenters. The van der Waals surface area contributed by atoms with Gasteiger partial charge in [-0.15, -0.1) is 0 Å². The van der Waals surface area contributed by atoms with Crippen molar-refractivity contribution in [1.29, 1.82) is 5.26 Å². The van der Waals surface area contributed by atoms with E-state index < -0.39 is 0 Å². The minimum Gasteiger partial charge on any atom is -0.492 e. The van der Waals surface area contributed by atoms with Crippen LogP contribution < -0.4 is 10.1 Å². The second-order valence-electron chi connectivity index (χ2n) is 6.20. The van der Waals surface area contributed by atoms with Gasteiger partial charge < -0.3 is 14.8 Å². The first-order valence-electron chi connectivity index (χ1n) is 8.16. The molecule has 2 rings (SSSR count). The van der Waals surface area contributed by atoms with Crippen molar-refractivity contribution in [2.45, 2.75) is 45.3 Å². The van der Waals surface area contributed by atoms with Crippen LogP contribution in [0.25, 0.3) is 0 Å². The van der Waals surface area contributed by atoms with E-state index in [9.17, 15) is 10.1 Å². The number of hydrogen-bond acceptors (Lipinski definition) is 5. The van der Waals surface area contributed by atoms with Crippen LogP contribution in [0.1, 0.15) is 44.4 Å². The number of nitriles is 1. The number of carbonyl (C=O) groups excluding carboxylic acids is 1. The van der Waals surface area contributed by atoms with E-state index in [0.717, 1.165) is 24.9 Å². The van der Waals surface area contributed by atoms with E-state index in [4.69, 9.17) is 4.74 Å². The first-order chi connectivity index (χ1) is 11.1. The summed E-state index contributed by atoms with van der Waals surface area (Å²) in [5.74, 6) is 0.564. The number of nitrogens with zero attached hydrogens (tertiary/aromatic N) is 2. The Morgan fingerprint density at radius 3 is 3.00 bits per heavy atom.